The molecule has 0 aromatic rings. The summed E-state index contributed by atoms with van der Waals surface area (Å²) in [6.45, 7) is 4.45. The molecule has 6 heteroatoms. The highest BCUT2D eigenvalue weighted by atomic mass is 16.5. The van der Waals surface area contributed by atoms with Crippen LogP contribution in [-0.4, -0.2) is 54.4 Å². The summed E-state index contributed by atoms with van der Waals surface area (Å²) in [5.41, 5.74) is 0. The van der Waals surface area contributed by atoms with Gasteiger partial charge in [-0.05, 0) is 38.5 Å². The van der Waals surface area contributed by atoms with Crippen molar-refractivity contribution in [1.29, 1.82) is 0 Å². The number of likely N-dealkylation sites (N-methyl/N-ethyl adjacent to an activating group) is 1. The molecule has 21 heavy (non-hydrogen) atoms. The third kappa shape index (κ3) is 4.33. The highest BCUT2D eigenvalue weighted by Crippen LogP contribution is 2.31. The normalized spacial score (nSPS) is 28.5. The molecule has 1 saturated heterocycles. The molecule has 6 nitrogen and oxygen atoms in total. The second-order valence-corrected chi connectivity index (χ2v) is 6.00. The van der Waals surface area contributed by atoms with E-state index in [2.05, 4.69) is 5.32 Å². The highest BCUT2D eigenvalue weighted by molar-refractivity contribution is 5.74. The Morgan fingerprint density at radius 2 is 2.10 bits per heavy atom. The maximum absolute atomic E-state index is 12.2. The molecule has 0 bridgehead atoms. The first-order valence-corrected chi connectivity index (χ1v) is 7.99. The number of carboxylic acid groups (broad SMARTS) is 1. The van der Waals surface area contributed by atoms with Crippen molar-refractivity contribution >= 4 is 12.0 Å². The van der Waals surface area contributed by atoms with Gasteiger partial charge in [0.1, 0.15) is 0 Å². The van der Waals surface area contributed by atoms with Crippen LogP contribution in [0.25, 0.3) is 0 Å². The molecule has 0 spiro atoms. The Labute approximate surface area is 125 Å². The minimum Gasteiger partial charge on any atom is -0.481 e. The fourth-order valence-corrected chi connectivity index (χ4v) is 3.33. The molecule has 0 aromatic heterocycles. The topological polar surface area (TPSA) is 78.9 Å². The Balaban J connectivity index is 1.77. The zero-order valence-electron chi connectivity index (χ0n) is 12.7. The lowest BCUT2D eigenvalue weighted by molar-refractivity contribution is -0.142. The smallest absolute Gasteiger partial charge is 0.317 e. The SMILES string of the molecule is CCN(CC1CCCO1)C(=O)NCC1CCCC1C(=O)O. The maximum atomic E-state index is 12.2. The monoisotopic (exact) mass is 298 g/mol. The molecule has 0 radical (unpaired) electrons. The first-order chi connectivity index (χ1) is 10.1. The minimum atomic E-state index is -0.738. The highest BCUT2D eigenvalue weighted by Gasteiger charge is 2.33. The number of urea groups is 1. The lowest BCUT2D eigenvalue weighted by Crippen LogP contribution is -2.45. The zero-order valence-corrected chi connectivity index (χ0v) is 12.7. The van der Waals surface area contributed by atoms with Crippen LogP contribution in [0.5, 0.6) is 0 Å². The van der Waals surface area contributed by atoms with Crippen molar-refractivity contribution < 1.29 is 19.4 Å². The Kier molecular flexibility index (Phi) is 5.85. The molecule has 2 rings (SSSR count). The first-order valence-electron chi connectivity index (χ1n) is 7.99. The van der Waals surface area contributed by atoms with Crippen LogP contribution in [0, 0.1) is 11.8 Å². The molecule has 1 heterocycles. The lowest BCUT2D eigenvalue weighted by atomic mass is 9.96. The van der Waals surface area contributed by atoms with Gasteiger partial charge in [-0.25, -0.2) is 4.79 Å². The number of hydrogen-bond acceptors (Lipinski definition) is 3. The van der Waals surface area contributed by atoms with Gasteiger partial charge in [-0.3, -0.25) is 4.79 Å². The van der Waals surface area contributed by atoms with Crippen molar-refractivity contribution in [2.45, 2.75) is 45.1 Å². The summed E-state index contributed by atoms with van der Waals surface area (Å²) >= 11 is 0. The number of rotatable bonds is 6. The number of ether oxygens (including phenoxy) is 1. The quantitative estimate of drug-likeness (QED) is 0.782. The van der Waals surface area contributed by atoms with Crippen molar-refractivity contribution in [3.05, 3.63) is 0 Å². The molecule has 2 fully saturated rings. The Morgan fingerprint density at radius 3 is 2.71 bits per heavy atom. The third-order valence-electron chi connectivity index (χ3n) is 4.61. The fourth-order valence-electron chi connectivity index (χ4n) is 3.33. The van der Waals surface area contributed by atoms with Crippen molar-refractivity contribution in [2.75, 3.05) is 26.2 Å². The van der Waals surface area contributed by atoms with Gasteiger partial charge in [-0.1, -0.05) is 6.42 Å². The second kappa shape index (κ2) is 7.64. The van der Waals surface area contributed by atoms with E-state index < -0.39 is 5.97 Å². The number of carbonyl (C=O) groups excluding carboxylic acids is 1. The van der Waals surface area contributed by atoms with E-state index in [4.69, 9.17) is 9.84 Å². The summed E-state index contributed by atoms with van der Waals surface area (Å²) in [6.07, 6.45) is 4.76. The van der Waals surface area contributed by atoms with E-state index in [1.807, 2.05) is 6.92 Å². The van der Waals surface area contributed by atoms with Crippen LogP contribution in [0.15, 0.2) is 0 Å². The van der Waals surface area contributed by atoms with Gasteiger partial charge in [-0.2, -0.15) is 0 Å². The Hall–Kier alpha value is -1.30. The van der Waals surface area contributed by atoms with E-state index in [1.54, 1.807) is 4.90 Å². The predicted molar refractivity (Wildman–Crippen MR) is 78.1 cm³/mol. The van der Waals surface area contributed by atoms with E-state index in [0.29, 0.717) is 19.6 Å². The van der Waals surface area contributed by atoms with Gasteiger partial charge in [0.25, 0.3) is 0 Å². The van der Waals surface area contributed by atoms with Crippen LogP contribution in [0.1, 0.15) is 39.0 Å². The molecule has 0 aromatic carbocycles. The summed E-state index contributed by atoms with van der Waals surface area (Å²) < 4.78 is 5.56. The van der Waals surface area contributed by atoms with Crippen LogP contribution in [-0.2, 0) is 9.53 Å². The van der Waals surface area contributed by atoms with Crippen molar-refractivity contribution in [1.82, 2.24) is 10.2 Å². The number of nitrogens with zero attached hydrogens (tertiary/aromatic N) is 1. The van der Waals surface area contributed by atoms with Crippen molar-refractivity contribution in [3.63, 3.8) is 0 Å². The molecule has 1 saturated carbocycles. The third-order valence-corrected chi connectivity index (χ3v) is 4.61. The summed E-state index contributed by atoms with van der Waals surface area (Å²) in [5, 5.41) is 12.1. The van der Waals surface area contributed by atoms with Crippen LogP contribution in [0.3, 0.4) is 0 Å². The minimum absolute atomic E-state index is 0.0629. The van der Waals surface area contributed by atoms with Gasteiger partial charge >= 0.3 is 12.0 Å². The lowest BCUT2D eigenvalue weighted by Gasteiger charge is -2.25. The van der Waals surface area contributed by atoms with Crippen LogP contribution in [0.4, 0.5) is 4.79 Å². The van der Waals surface area contributed by atoms with Crippen molar-refractivity contribution in [2.24, 2.45) is 11.8 Å². The molecule has 2 amide bonds. The summed E-state index contributed by atoms with van der Waals surface area (Å²) in [7, 11) is 0. The number of nitrogens with one attached hydrogen (secondary N) is 1. The molecule has 120 valence electrons. The van der Waals surface area contributed by atoms with E-state index in [1.165, 1.54) is 0 Å². The van der Waals surface area contributed by atoms with Gasteiger partial charge in [0, 0.05) is 26.2 Å². The number of hydrogen-bond donors (Lipinski definition) is 2. The summed E-state index contributed by atoms with van der Waals surface area (Å²) in [4.78, 5) is 25.1. The molecule has 3 atom stereocenters. The van der Waals surface area contributed by atoms with Crippen LogP contribution in [0.2, 0.25) is 0 Å². The first kappa shape index (κ1) is 16.1. The molecule has 2 aliphatic rings. The standard InChI is InChI=1S/C15H26N2O4/c1-2-17(10-12-6-4-8-21-12)15(20)16-9-11-5-3-7-13(11)14(18)19/h11-13H,2-10H2,1H3,(H,16,20)(H,18,19). The average molecular weight is 298 g/mol. The van der Waals surface area contributed by atoms with Crippen molar-refractivity contribution in [3.8, 4) is 0 Å². The maximum Gasteiger partial charge on any atom is 0.317 e. The fraction of sp³-hybridized carbons (Fsp3) is 0.867. The number of aliphatic carboxylic acids is 1. The number of carboxylic acids is 1. The van der Waals surface area contributed by atoms with E-state index in [9.17, 15) is 9.59 Å². The zero-order chi connectivity index (χ0) is 15.2. The molecular weight excluding hydrogens is 272 g/mol. The largest absolute Gasteiger partial charge is 0.481 e. The van der Waals surface area contributed by atoms with Crippen LogP contribution < -0.4 is 5.32 Å². The van der Waals surface area contributed by atoms with E-state index in [0.717, 1.165) is 38.7 Å². The number of carbonyl (C=O) groups is 2. The predicted octanol–water partition coefficient (Wildman–Crippen LogP) is 1.70. The second-order valence-electron chi connectivity index (χ2n) is 6.00. The van der Waals surface area contributed by atoms with E-state index in [-0.39, 0.29) is 24.0 Å². The van der Waals surface area contributed by atoms with Gasteiger partial charge in [0.15, 0.2) is 0 Å². The van der Waals surface area contributed by atoms with Gasteiger partial charge in [-0.15, -0.1) is 0 Å². The summed E-state index contributed by atoms with van der Waals surface area (Å²) in [5.74, 6) is -0.982. The molecule has 1 aliphatic carbocycles. The Bertz CT molecular complexity index is 369. The summed E-state index contributed by atoms with van der Waals surface area (Å²) in [6, 6.07) is -0.107. The average Bonchev–Trinajstić information content (AvgIpc) is 3.13. The van der Waals surface area contributed by atoms with Gasteiger partial charge in [0.2, 0.25) is 0 Å². The molecular formula is C15H26N2O4. The molecule has 3 unspecified atom stereocenters. The Morgan fingerprint density at radius 1 is 1.29 bits per heavy atom. The molecule has 1 aliphatic heterocycles. The van der Waals surface area contributed by atoms with E-state index >= 15 is 0 Å². The van der Waals surface area contributed by atoms with Crippen LogP contribution >= 0.6 is 0 Å². The van der Waals surface area contributed by atoms with Gasteiger partial charge < -0.3 is 20.1 Å². The van der Waals surface area contributed by atoms with Gasteiger partial charge in [0.05, 0.1) is 12.0 Å². The molecule has 2 N–H and O–H groups in total. The number of amides is 2.